The molecule has 1 aliphatic heterocycles. The van der Waals surface area contributed by atoms with E-state index in [9.17, 15) is 4.79 Å². The van der Waals surface area contributed by atoms with Gasteiger partial charge in [0.2, 0.25) is 5.91 Å². The molecule has 0 aliphatic carbocycles. The van der Waals surface area contributed by atoms with Gasteiger partial charge in [-0.15, -0.1) is 5.10 Å². The number of rotatable bonds is 4. The quantitative estimate of drug-likeness (QED) is 0.910. The van der Waals surface area contributed by atoms with Crippen molar-refractivity contribution >= 4 is 21.8 Å². The number of aromatic nitrogens is 4. The maximum Gasteiger partial charge on any atom is 0.220 e. The summed E-state index contributed by atoms with van der Waals surface area (Å²) in [7, 11) is 0. The Morgan fingerprint density at radius 1 is 1.35 bits per heavy atom. The Morgan fingerprint density at radius 2 is 2.15 bits per heavy atom. The van der Waals surface area contributed by atoms with E-state index in [0.717, 1.165) is 15.9 Å². The Labute approximate surface area is 124 Å². The maximum absolute atomic E-state index is 11.2. The molecular weight excluding hydrogens is 322 g/mol. The van der Waals surface area contributed by atoms with Gasteiger partial charge in [0, 0.05) is 36.3 Å². The molecule has 7 heteroatoms. The number of halogens is 1. The van der Waals surface area contributed by atoms with E-state index in [0.29, 0.717) is 25.9 Å². The van der Waals surface area contributed by atoms with E-state index in [2.05, 4.69) is 36.8 Å². The zero-order valence-corrected chi connectivity index (χ0v) is 12.4. The van der Waals surface area contributed by atoms with E-state index in [1.807, 2.05) is 24.3 Å². The monoisotopic (exact) mass is 335 g/mol. The number of nitrogens with zero attached hydrogens (tertiary/aromatic N) is 4. The van der Waals surface area contributed by atoms with Crippen LogP contribution in [0, 0.1) is 5.92 Å². The van der Waals surface area contributed by atoms with Crippen LogP contribution in [0.1, 0.15) is 17.8 Å². The van der Waals surface area contributed by atoms with Gasteiger partial charge in [-0.05, 0) is 28.1 Å². The summed E-state index contributed by atoms with van der Waals surface area (Å²) in [5.74, 6) is 1.21. The number of amides is 1. The Balaban J connectivity index is 1.70. The lowest BCUT2D eigenvalue weighted by molar-refractivity contribution is -0.119. The van der Waals surface area contributed by atoms with Crippen LogP contribution in [0.2, 0.25) is 0 Å². The van der Waals surface area contributed by atoms with E-state index in [1.54, 1.807) is 4.68 Å². The average Bonchev–Trinajstić information content (AvgIpc) is 3.03. The first kappa shape index (κ1) is 13.2. The van der Waals surface area contributed by atoms with Crippen molar-refractivity contribution in [3.05, 3.63) is 40.1 Å². The number of hydrogen-bond acceptors (Lipinski definition) is 4. The number of nitrogens with one attached hydrogen (secondary N) is 1. The first-order valence-electron chi connectivity index (χ1n) is 6.47. The Morgan fingerprint density at radius 3 is 2.85 bits per heavy atom. The molecule has 1 aliphatic rings. The standard InChI is InChI=1S/C13H14BrN5O/c14-11-3-1-9(2-4-11)5-12-16-17-18-19(12)8-10-6-13(20)15-7-10/h1-4,10H,5-8H2,(H,15,20). The van der Waals surface area contributed by atoms with Crippen molar-refractivity contribution in [2.45, 2.75) is 19.4 Å². The summed E-state index contributed by atoms with van der Waals surface area (Å²) in [6.45, 7) is 1.38. The third-order valence-electron chi connectivity index (χ3n) is 3.37. The maximum atomic E-state index is 11.2. The van der Waals surface area contributed by atoms with E-state index >= 15 is 0 Å². The molecule has 1 N–H and O–H groups in total. The number of hydrogen-bond donors (Lipinski definition) is 1. The number of carbonyl (C=O) groups excluding carboxylic acids is 1. The van der Waals surface area contributed by atoms with Gasteiger partial charge in [-0.25, -0.2) is 4.68 Å². The van der Waals surface area contributed by atoms with E-state index in [4.69, 9.17) is 0 Å². The van der Waals surface area contributed by atoms with Gasteiger partial charge < -0.3 is 5.32 Å². The minimum Gasteiger partial charge on any atom is -0.356 e. The molecule has 20 heavy (non-hydrogen) atoms. The molecule has 1 aromatic heterocycles. The molecule has 3 rings (SSSR count). The second-order valence-corrected chi connectivity index (χ2v) is 5.87. The molecule has 0 spiro atoms. The Kier molecular flexibility index (Phi) is 3.77. The fourth-order valence-electron chi connectivity index (χ4n) is 2.31. The summed E-state index contributed by atoms with van der Waals surface area (Å²) in [4.78, 5) is 11.2. The lowest BCUT2D eigenvalue weighted by Crippen LogP contribution is -2.18. The topological polar surface area (TPSA) is 72.7 Å². The molecule has 1 fully saturated rings. The lowest BCUT2D eigenvalue weighted by atomic mass is 10.1. The molecule has 104 valence electrons. The Bertz CT molecular complexity index is 609. The van der Waals surface area contributed by atoms with Gasteiger partial charge in [0.15, 0.2) is 5.82 Å². The van der Waals surface area contributed by atoms with Gasteiger partial charge in [0.1, 0.15) is 0 Å². The van der Waals surface area contributed by atoms with Gasteiger partial charge in [0.05, 0.1) is 0 Å². The highest BCUT2D eigenvalue weighted by Gasteiger charge is 2.23. The van der Waals surface area contributed by atoms with Crippen molar-refractivity contribution < 1.29 is 4.79 Å². The molecule has 1 atom stereocenters. The highest BCUT2D eigenvalue weighted by atomic mass is 79.9. The fraction of sp³-hybridized carbons (Fsp3) is 0.385. The smallest absolute Gasteiger partial charge is 0.220 e. The van der Waals surface area contributed by atoms with Gasteiger partial charge in [0.25, 0.3) is 0 Å². The van der Waals surface area contributed by atoms with Gasteiger partial charge in [-0.3, -0.25) is 4.79 Å². The average molecular weight is 336 g/mol. The van der Waals surface area contributed by atoms with Crippen LogP contribution < -0.4 is 5.32 Å². The molecule has 1 unspecified atom stereocenters. The SMILES string of the molecule is O=C1CC(Cn2nnnc2Cc2ccc(Br)cc2)CN1. The van der Waals surface area contributed by atoms with E-state index in [1.165, 1.54) is 0 Å². The lowest BCUT2D eigenvalue weighted by Gasteiger charge is -2.08. The Hall–Kier alpha value is -1.76. The molecule has 0 saturated carbocycles. The van der Waals surface area contributed by atoms with Crippen molar-refractivity contribution in [3.63, 3.8) is 0 Å². The van der Waals surface area contributed by atoms with Crippen LogP contribution in [0.3, 0.4) is 0 Å². The van der Waals surface area contributed by atoms with E-state index in [-0.39, 0.29) is 11.8 Å². The summed E-state index contributed by atoms with van der Waals surface area (Å²) in [5.41, 5.74) is 1.16. The molecular formula is C13H14BrN5O. The number of tetrazole rings is 1. The summed E-state index contributed by atoms with van der Waals surface area (Å²) >= 11 is 3.42. The molecule has 6 nitrogen and oxygen atoms in total. The third kappa shape index (κ3) is 3.04. The molecule has 2 aromatic rings. The van der Waals surface area contributed by atoms with Gasteiger partial charge in [-0.1, -0.05) is 28.1 Å². The van der Waals surface area contributed by atoms with Crippen molar-refractivity contribution in [1.82, 2.24) is 25.5 Å². The normalized spacial score (nSPS) is 18.2. The van der Waals surface area contributed by atoms with Gasteiger partial charge in [-0.2, -0.15) is 0 Å². The fourth-order valence-corrected chi connectivity index (χ4v) is 2.58. The number of carbonyl (C=O) groups is 1. The second-order valence-electron chi connectivity index (χ2n) is 4.95. The van der Waals surface area contributed by atoms with Crippen LogP contribution in [0.5, 0.6) is 0 Å². The summed E-state index contributed by atoms with van der Waals surface area (Å²) < 4.78 is 2.85. The van der Waals surface area contributed by atoms with E-state index < -0.39 is 0 Å². The summed E-state index contributed by atoms with van der Waals surface area (Å²) in [6, 6.07) is 8.10. The van der Waals surface area contributed by atoms with Crippen LogP contribution in [-0.4, -0.2) is 32.7 Å². The zero-order valence-electron chi connectivity index (χ0n) is 10.8. The predicted molar refractivity (Wildman–Crippen MR) is 75.9 cm³/mol. The molecule has 0 radical (unpaired) electrons. The van der Waals surface area contributed by atoms with Crippen LogP contribution >= 0.6 is 15.9 Å². The largest absolute Gasteiger partial charge is 0.356 e. The first-order valence-corrected chi connectivity index (χ1v) is 7.26. The minimum absolute atomic E-state index is 0.109. The van der Waals surface area contributed by atoms with Gasteiger partial charge >= 0.3 is 0 Å². The van der Waals surface area contributed by atoms with Crippen molar-refractivity contribution in [1.29, 1.82) is 0 Å². The second kappa shape index (κ2) is 5.70. The first-order chi connectivity index (χ1) is 9.70. The zero-order chi connectivity index (χ0) is 13.9. The van der Waals surface area contributed by atoms with Crippen molar-refractivity contribution in [2.75, 3.05) is 6.54 Å². The highest BCUT2D eigenvalue weighted by Crippen LogP contribution is 2.15. The number of benzene rings is 1. The summed E-state index contributed by atoms with van der Waals surface area (Å²) in [6.07, 6.45) is 1.24. The molecule has 0 bridgehead atoms. The van der Waals surface area contributed by atoms with Crippen molar-refractivity contribution in [2.24, 2.45) is 5.92 Å². The molecule has 1 aromatic carbocycles. The predicted octanol–water partition coefficient (Wildman–Crippen LogP) is 1.16. The highest BCUT2D eigenvalue weighted by molar-refractivity contribution is 9.10. The summed E-state index contributed by atoms with van der Waals surface area (Å²) in [5, 5.41) is 14.7. The van der Waals surface area contributed by atoms with Crippen LogP contribution in [0.25, 0.3) is 0 Å². The molecule has 1 amide bonds. The van der Waals surface area contributed by atoms with Crippen molar-refractivity contribution in [3.8, 4) is 0 Å². The van der Waals surface area contributed by atoms with Crippen LogP contribution in [-0.2, 0) is 17.8 Å². The van der Waals surface area contributed by atoms with Crippen LogP contribution in [0.4, 0.5) is 0 Å². The molecule has 2 heterocycles. The third-order valence-corrected chi connectivity index (χ3v) is 3.90. The van der Waals surface area contributed by atoms with Crippen LogP contribution in [0.15, 0.2) is 28.7 Å². The minimum atomic E-state index is 0.109. The molecule has 1 saturated heterocycles.